The molecule has 0 bridgehead atoms. The number of phosphoric ester groups is 2. The number of ether oxygens (including phenoxy) is 4. The van der Waals surface area contributed by atoms with E-state index in [-0.39, 0.29) is 25.7 Å². The van der Waals surface area contributed by atoms with Gasteiger partial charge in [-0.2, -0.15) is 0 Å². The molecule has 0 aromatic heterocycles. The van der Waals surface area contributed by atoms with Crippen LogP contribution in [0.5, 0.6) is 0 Å². The Morgan fingerprint density at radius 2 is 0.541 bits per heavy atom. The SMILES string of the molecule is CCCCCCCCCCCC(=O)O[C@H](COC(=O)CCCCCCCCCC)COP(=O)(O)OC[C@H](O)COP(=O)(O)OC[C@@H](COC(=O)CCCCCCCCCCC(C)C)OC(=O)CCCCCCCCCCCCCCCCC(C)C. The zero-order valence-electron chi connectivity index (χ0n) is 54.9. The van der Waals surface area contributed by atoms with Crippen LogP contribution in [0.1, 0.15) is 330 Å². The fourth-order valence-corrected chi connectivity index (χ4v) is 11.5. The Balaban J connectivity index is 5.19. The third-order valence-corrected chi connectivity index (χ3v) is 17.1. The normalized spacial score (nSPS) is 14.2. The average molecular weight is 1260 g/mol. The molecular weight excluding hydrogens is 1130 g/mol. The van der Waals surface area contributed by atoms with Crippen LogP contribution in [0.25, 0.3) is 0 Å². The summed E-state index contributed by atoms with van der Waals surface area (Å²) in [5.74, 6) is -0.613. The third-order valence-electron chi connectivity index (χ3n) is 15.2. The molecule has 0 spiro atoms. The van der Waals surface area contributed by atoms with Gasteiger partial charge in [0.25, 0.3) is 0 Å². The Kier molecular flexibility index (Phi) is 57.1. The molecule has 3 N–H and O–H groups in total. The molecule has 504 valence electrons. The zero-order chi connectivity index (χ0) is 62.9. The van der Waals surface area contributed by atoms with Crippen molar-refractivity contribution in [1.82, 2.24) is 0 Å². The second kappa shape index (κ2) is 58.4. The van der Waals surface area contributed by atoms with E-state index in [9.17, 15) is 43.2 Å². The van der Waals surface area contributed by atoms with E-state index in [1.807, 2.05) is 0 Å². The number of carbonyl (C=O) groups is 4. The van der Waals surface area contributed by atoms with E-state index in [1.165, 1.54) is 141 Å². The molecule has 0 aromatic rings. The van der Waals surface area contributed by atoms with E-state index in [2.05, 4.69) is 41.5 Å². The summed E-state index contributed by atoms with van der Waals surface area (Å²) in [6.07, 6.45) is 41.8. The van der Waals surface area contributed by atoms with Crippen molar-refractivity contribution in [3.05, 3.63) is 0 Å². The van der Waals surface area contributed by atoms with Crippen LogP contribution in [0.4, 0.5) is 0 Å². The van der Waals surface area contributed by atoms with Crippen molar-refractivity contribution in [2.24, 2.45) is 11.8 Å². The van der Waals surface area contributed by atoms with Crippen molar-refractivity contribution >= 4 is 39.5 Å². The fraction of sp³-hybridized carbons (Fsp3) is 0.939. The number of esters is 4. The number of phosphoric acid groups is 2. The highest BCUT2D eigenvalue weighted by Crippen LogP contribution is 2.45. The van der Waals surface area contributed by atoms with Gasteiger partial charge in [0.2, 0.25) is 0 Å². The number of carbonyl (C=O) groups excluding carboxylic acids is 4. The fourth-order valence-electron chi connectivity index (χ4n) is 9.88. The zero-order valence-corrected chi connectivity index (χ0v) is 56.7. The number of unbranched alkanes of at least 4 members (excludes halogenated alkanes) is 35. The summed E-state index contributed by atoms with van der Waals surface area (Å²) < 4.78 is 68.0. The van der Waals surface area contributed by atoms with Gasteiger partial charge in [0.15, 0.2) is 12.2 Å². The maximum Gasteiger partial charge on any atom is 0.472 e. The van der Waals surface area contributed by atoms with Crippen LogP contribution in [-0.2, 0) is 65.4 Å². The molecule has 19 heteroatoms. The molecule has 85 heavy (non-hydrogen) atoms. The van der Waals surface area contributed by atoms with Gasteiger partial charge in [-0.25, -0.2) is 9.13 Å². The summed E-state index contributed by atoms with van der Waals surface area (Å²) in [4.78, 5) is 72.2. The molecule has 0 saturated heterocycles. The summed E-state index contributed by atoms with van der Waals surface area (Å²) in [5, 5.41) is 10.5. The predicted octanol–water partition coefficient (Wildman–Crippen LogP) is 18.4. The maximum absolute atomic E-state index is 13.0. The van der Waals surface area contributed by atoms with Crippen LogP contribution in [0.3, 0.4) is 0 Å². The van der Waals surface area contributed by atoms with Crippen LogP contribution in [0, 0.1) is 11.8 Å². The second-order valence-corrected chi connectivity index (χ2v) is 27.7. The molecule has 5 atom stereocenters. The first-order valence-corrected chi connectivity index (χ1v) is 37.5. The molecule has 0 aliphatic rings. The maximum atomic E-state index is 13.0. The van der Waals surface area contributed by atoms with E-state index >= 15 is 0 Å². The minimum Gasteiger partial charge on any atom is -0.462 e. The van der Waals surface area contributed by atoms with Crippen molar-refractivity contribution in [1.29, 1.82) is 0 Å². The second-order valence-electron chi connectivity index (χ2n) is 24.8. The summed E-state index contributed by atoms with van der Waals surface area (Å²) >= 11 is 0. The molecule has 17 nitrogen and oxygen atoms in total. The first-order valence-electron chi connectivity index (χ1n) is 34.5. The smallest absolute Gasteiger partial charge is 0.462 e. The first kappa shape index (κ1) is 83.1. The Bertz CT molecular complexity index is 1670. The lowest BCUT2D eigenvalue weighted by Gasteiger charge is -2.21. The summed E-state index contributed by atoms with van der Waals surface area (Å²) in [6.45, 7) is 9.46. The van der Waals surface area contributed by atoms with E-state index < -0.39 is 97.5 Å². The van der Waals surface area contributed by atoms with Crippen LogP contribution >= 0.6 is 15.6 Å². The van der Waals surface area contributed by atoms with Crippen LogP contribution in [0.2, 0.25) is 0 Å². The molecule has 2 unspecified atom stereocenters. The lowest BCUT2D eigenvalue weighted by Crippen LogP contribution is -2.30. The quantitative estimate of drug-likeness (QED) is 0.0222. The van der Waals surface area contributed by atoms with Crippen molar-refractivity contribution in [3.63, 3.8) is 0 Å². The van der Waals surface area contributed by atoms with E-state index in [0.29, 0.717) is 25.7 Å². The minimum absolute atomic E-state index is 0.105. The van der Waals surface area contributed by atoms with E-state index in [1.54, 1.807) is 0 Å². The number of hydrogen-bond acceptors (Lipinski definition) is 15. The number of hydrogen-bond donors (Lipinski definition) is 3. The molecule has 0 saturated carbocycles. The molecule has 0 fully saturated rings. The Labute approximate surface area is 517 Å². The van der Waals surface area contributed by atoms with Gasteiger partial charge in [-0.05, 0) is 37.5 Å². The third kappa shape index (κ3) is 60.7. The van der Waals surface area contributed by atoms with Gasteiger partial charge < -0.3 is 33.8 Å². The summed E-state index contributed by atoms with van der Waals surface area (Å²) in [7, 11) is -9.89. The van der Waals surface area contributed by atoms with Crippen LogP contribution in [0.15, 0.2) is 0 Å². The predicted molar refractivity (Wildman–Crippen MR) is 340 cm³/mol. The monoisotopic (exact) mass is 1250 g/mol. The van der Waals surface area contributed by atoms with E-state index in [4.69, 9.17) is 37.0 Å². The molecule has 0 amide bonds. The number of rotatable bonds is 65. The van der Waals surface area contributed by atoms with Crippen molar-refractivity contribution in [2.75, 3.05) is 39.6 Å². The largest absolute Gasteiger partial charge is 0.472 e. The van der Waals surface area contributed by atoms with Gasteiger partial charge in [-0.1, -0.05) is 279 Å². The standard InChI is InChI=1S/C66H128O17P2/c1-7-9-11-13-15-23-32-38-44-50-65(70)82-61(54-76-63(68)48-42-36-30-16-14-12-10-8-2)56-80-84(72,73)78-52-60(67)53-79-85(74,75)81-57-62(55-77-64(69)49-43-37-31-27-26-29-35-41-47-59(5)6)83-66(71)51-45-39-33-25-22-20-18-17-19-21-24-28-34-40-46-58(3)4/h58-62,67H,7-57H2,1-6H3,(H,72,73)(H,74,75)/t60-,61+,62+/m0/s1. The Hall–Kier alpha value is -1.94. The molecule has 0 heterocycles. The lowest BCUT2D eigenvalue weighted by atomic mass is 10.0. The van der Waals surface area contributed by atoms with Crippen LogP contribution in [-0.4, -0.2) is 96.7 Å². The Morgan fingerprint density at radius 1 is 0.318 bits per heavy atom. The van der Waals surface area contributed by atoms with E-state index in [0.717, 1.165) is 108 Å². The number of aliphatic hydroxyl groups excluding tert-OH is 1. The molecular formula is C66H128O17P2. The summed E-state index contributed by atoms with van der Waals surface area (Å²) in [5.41, 5.74) is 0. The molecule has 0 aliphatic heterocycles. The van der Waals surface area contributed by atoms with Gasteiger partial charge in [-0.15, -0.1) is 0 Å². The molecule has 0 aromatic carbocycles. The van der Waals surface area contributed by atoms with Crippen molar-refractivity contribution < 1.29 is 80.2 Å². The van der Waals surface area contributed by atoms with Gasteiger partial charge in [-0.3, -0.25) is 37.3 Å². The van der Waals surface area contributed by atoms with Crippen molar-refractivity contribution in [2.45, 2.75) is 349 Å². The highest BCUT2D eigenvalue weighted by Gasteiger charge is 2.30. The first-order chi connectivity index (χ1) is 40.9. The van der Waals surface area contributed by atoms with Crippen molar-refractivity contribution in [3.8, 4) is 0 Å². The highest BCUT2D eigenvalue weighted by atomic mass is 31.2. The summed E-state index contributed by atoms with van der Waals surface area (Å²) in [6, 6.07) is 0. The van der Waals surface area contributed by atoms with Gasteiger partial charge in [0.1, 0.15) is 19.3 Å². The van der Waals surface area contributed by atoms with Crippen LogP contribution < -0.4 is 0 Å². The molecule has 0 rings (SSSR count). The van der Waals surface area contributed by atoms with Gasteiger partial charge in [0, 0.05) is 25.7 Å². The Morgan fingerprint density at radius 3 is 0.800 bits per heavy atom. The molecule has 0 aliphatic carbocycles. The van der Waals surface area contributed by atoms with Gasteiger partial charge >= 0.3 is 39.5 Å². The van der Waals surface area contributed by atoms with Gasteiger partial charge in [0.05, 0.1) is 26.4 Å². The average Bonchev–Trinajstić information content (AvgIpc) is 3.49. The number of aliphatic hydroxyl groups is 1. The minimum atomic E-state index is -4.95. The molecule has 0 radical (unpaired) electrons. The highest BCUT2D eigenvalue weighted by molar-refractivity contribution is 7.47. The lowest BCUT2D eigenvalue weighted by molar-refractivity contribution is -0.161. The topological polar surface area (TPSA) is 237 Å².